The Kier molecular flexibility index (Phi) is 6.93. The van der Waals surface area contributed by atoms with Crippen LogP contribution in [0, 0.1) is 5.92 Å². The molecule has 0 spiro atoms. The van der Waals surface area contributed by atoms with Gasteiger partial charge in [-0.05, 0) is 32.6 Å². The van der Waals surface area contributed by atoms with Gasteiger partial charge in [-0.2, -0.15) is 0 Å². The summed E-state index contributed by atoms with van der Waals surface area (Å²) in [6.07, 6.45) is 2.70. The molecule has 84 valence electrons. The van der Waals surface area contributed by atoms with Gasteiger partial charge in [0.1, 0.15) is 5.88 Å². The first-order valence-electron chi connectivity index (χ1n) is 5.06. The molecule has 0 aromatic rings. The minimum Gasteiger partial charge on any atom is -0.369 e. The first-order chi connectivity index (χ1) is 6.45. The van der Waals surface area contributed by atoms with Crippen molar-refractivity contribution >= 4 is 17.5 Å². The van der Waals surface area contributed by atoms with Crippen LogP contribution in [0.4, 0.5) is 0 Å². The summed E-state index contributed by atoms with van der Waals surface area (Å²) in [5.41, 5.74) is 4.52. The third kappa shape index (κ3) is 7.15. The summed E-state index contributed by atoms with van der Waals surface area (Å²) in [5.74, 6) is 0.364. The van der Waals surface area contributed by atoms with Crippen molar-refractivity contribution < 1.29 is 4.79 Å². The number of alkyl halides is 1. The van der Waals surface area contributed by atoms with Gasteiger partial charge in [-0.1, -0.05) is 6.92 Å². The summed E-state index contributed by atoms with van der Waals surface area (Å²) in [5, 5.41) is 3.51. The Morgan fingerprint density at radius 3 is 1.93 bits per heavy atom. The molecular formula is C10H21ClN2O. The monoisotopic (exact) mass is 220 g/mol. The average Bonchev–Trinajstić information content (AvgIpc) is 2.02. The van der Waals surface area contributed by atoms with E-state index in [9.17, 15) is 4.79 Å². The van der Waals surface area contributed by atoms with E-state index >= 15 is 0 Å². The quantitative estimate of drug-likeness (QED) is 0.658. The highest BCUT2D eigenvalue weighted by atomic mass is 35.5. The molecule has 1 heterocycles. The Balaban J connectivity index is 0.000000292. The molecule has 1 aliphatic rings. The van der Waals surface area contributed by atoms with Crippen LogP contribution in [0.2, 0.25) is 0 Å². The van der Waals surface area contributed by atoms with E-state index in [-0.39, 0.29) is 5.88 Å². The van der Waals surface area contributed by atoms with Crippen molar-refractivity contribution in [1.82, 2.24) is 5.32 Å². The van der Waals surface area contributed by atoms with Gasteiger partial charge in [0.25, 0.3) is 0 Å². The second kappa shape index (κ2) is 7.07. The second-order valence-corrected chi connectivity index (χ2v) is 4.41. The molecule has 14 heavy (non-hydrogen) atoms. The predicted octanol–water partition coefficient (Wildman–Crippen LogP) is 1.49. The summed E-state index contributed by atoms with van der Waals surface area (Å²) in [4.78, 5) is 9.46. The van der Waals surface area contributed by atoms with Gasteiger partial charge >= 0.3 is 0 Å². The fourth-order valence-electron chi connectivity index (χ4n) is 1.93. The summed E-state index contributed by atoms with van der Waals surface area (Å²) < 4.78 is 0. The normalized spacial score (nSPS) is 31.6. The van der Waals surface area contributed by atoms with Gasteiger partial charge in [-0.15, -0.1) is 11.6 Å². The lowest BCUT2D eigenvalue weighted by atomic mass is 9.91. The molecule has 0 aromatic heterocycles. The maximum absolute atomic E-state index is 9.46. The second-order valence-electron chi connectivity index (χ2n) is 4.15. The zero-order valence-electron chi connectivity index (χ0n) is 9.22. The largest absolute Gasteiger partial charge is 0.369 e. The first-order valence-corrected chi connectivity index (χ1v) is 5.59. The SMILES string of the molecule is CC1CC(C)NC(C)C1.NC(=O)CCl. The number of rotatable bonds is 1. The number of hydrogen-bond donors (Lipinski definition) is 2. The number of hydrogen-bond acceptors (Lipinski definition) is 2. The maximum Gasteiger partial charge on any atom is 0.232 e. The van der Waals surface area contributed by atoms with Crippen molar-refractivity contribution in [3.8, 4) is 0 Å². The molecule has 1 aliphatic heterocycles. The van der Waals surface area contributed by atoms with Crippen molar-refractivity contribution in [2.45, 2.75) is 45.7 Å². The predicted molar refractivity (Wildman–Crippen MR) is 60.4 cm³/mol. The van der Waals surface area contributed by atoms with Gasteiger partial charge in [-0.3, -0.25) is 4.79 Å². The lowest BCUT2D eigenvalue weighted by Gasteiger charge is -2.30. The molecule has 1 amide bonds. The Morgan fingerprint density at radius 2 is 1.71 bits per heavy atom. The third-order valence-corrected chi connectivity index (χ3v) is 2.48. The molecule has 0 bridgehead atoms. The molecule has 2 atom stereocenters. The van der Waals surface area contributed by atoms with E-state index < -0.39 is 5.91 Å². The molecule has 1 fully saturated rings. The summed E-state index contributed by atoms with van der Waals surface area (Å²) in [6, 6.07) is 1.48. The molecule has 3 nitrogen and oxygen atoms in total. The van der Waals surface area contributed by atoms with Crippen molar-refractivity contribution in [1.29, 1.82) is 0 Å². The summed E-state index contributed by atoms with van der Waals surface area (Å²) >= 11 is 4.86. The molecule has 2 unspecified atom stereocenters. The van der Waals surface area contributed by atoms with Crippen molar-refractivity contribution in [3.05, 3.63) is 0 Å². The number of carbonyl (C=O) groups excluding carboxylic acids is 1. The van der Waals surface area contributed by atoms with Gasteiger partial charge in [-0.25, -0.2) is 0 Å². The van der Waals surface area contributed by atoms with Crippen molar-refractivity contribution in [2.24, 2.45) is 11.7 Å². The topological polar surface area (TPSA) is 55.1 Å². The highest BCUT2D eigenvalue weighted by Gasteiger charge is 2.18. The number of nitrogens with two attached hydrogens (primary N) is 1. The van der Waals surface area contributed by atoms with E-state index in [0.717, 1.165) is 18.0 Å². The number of piperidine rings is 1. The maximum atomic E-state index is 9.46. The van der Waals surface area contributed by atoms with Gasteiger partial charge in [0.15, 0.2) is 0 Å². The highest BCUT2D eigenvalue weighted by Crippen LogP contribution is 2.18. The van der Waals surface area contributed by atoms with Crippen LogP contribution in [-0.2, 0) is 4.79 Å². The minimum absolute atomic E-state index is 0.0833. The zero-order valence-corrected chi connectivity index (χ0v) is 9.97. The molecule has 3 N–H and O–H groups in total. The van der Waals surface area contributed by atoms with E-state index in [0.29, 0.717) is 0 Å². The Labute approximate surface area is 91.4 Å². The van der Waals surface area contributed by atoms with Crippen LogP contribution in [-0.4, -0.2) is 23.9 Å². The number of amides is 1. The Morgan fingerprint density at radius 1 is 1.36 bits per heavy atom. The molecule has 1 saturated heterocycles. The zero-order chi connectivity index (χ0) is 11.1. The fourth-order valence-corrected chi connectivity index (χ4v) is 1.93. The van der Waals surface area contributed by atoms with Crippen LogP contribution in [0.3, 0.4) is 0 Å². The number of carbonyl (C=O) groups is 1. The van der Waals surface area contributed by atoms with E-state index in [2.05, 4.69) is 31.8 Å². The Hall–Kier alpha value is -0.280. The van der Waals surface area contributed by atoms with Gasteiger partial charge < -0.3 is 11.1 Å². The molecule has 0 aromatic carbocycles. The minimum atomic E-state index is -0.480. The lowest BCUT2D eigenvalue weighted by molar-refractivity contribution is -0.115. The van der Waals surface area contributed by atoms with E-state index in [1.165, 1.54) is 12.8 Å². The molecule has 0 saturated carbocycles. The summed E-state index contributed by atoms with van der Waals surface area (Å²) in [6.45, 7) is 6.88. The van der Waals surface area contributed by atoms with E-state index in [1.807, 2.05) is 0 Å². The summed E-state index contributed by atoms with van der Waals surface area (Å²) in [7, 11) is 0. The van der Waals surface area contributed by atoms with E-state index in [4.69, 9.17) is 11.6 Å². The standard InChI is InChI=1S/C8H17N.C2H4ClNO/c1-6-4-7(2)9-8(3)5-6;3-1-2(4)5/h6-9H,4-5H2,1-3H3;1H2,(H2,4,5). The molecule has 0 radical (unpaired) electrons. The molecule has 4 heteroatoms. The van der Waals surface area contributed by atoms with Gasteiger partial charge in [0.05, 0.1) is 0 Å². The van der Waals surface area contributed by atoms with Gasteiger partial charge in [0.2, 0.25) is 5.91 Å². The van der Waals surface area contributed by atoms with Crippen LogP contribution >= 0.6 is 11.6 Å². The average molecular weight is 221 g/mol. The lowest BCUT2D eigenvalue weighted by Crippen LogP contribution is -2.41. The van der Waals surface area contributed by atoms with Crippen LogP contribution in [0.1, 0.15) is 33.6 Å². The van der Waals surface area contributed by atoms with Gasteiger partial charge in [0, 0.05) is 12.1 Å². The molecular weight excluding hydrogens is 200 g/mol. The van der Waals surface area contributed by atoms with Crippen LogP contribution in [0.5, 0.6) is 0 Å². The highest BCUT2D eigenvalue weighted by molar-refractivity contribution is 6.27. The van der Waals surface area contributed by atoms with E-state index in [1.54, 1.807) is 0 Å². The van der Waals surface area contributed by atoms with Crippen molar-refractivity contribution in [2.75, 3.05) is 5.88 Å². The Bertz CT molecular complexity index is 150. The van der Waals surface area contributed by atoms with Crippen LogP contribution in [0.15, 0.2) is 0 Å². The fraction of sp³-hybridized carbons (Fsp3) is 0.900. The van der Waals surface area contributed by atoms with Crippen LogP contribution in [0.25, 0.3) is 0 Å². The molecule has 1 rings (SSSR count). The van der Waals surface area contributed by atoms with Crippen LogP contribution < -0.4 is 11.1 Å². The smallest absolute Gasteiger partial charge is 0.232 e. The van der Waals surface area contributed by atoms with Crippen molar-refractivity contribution in [3.63, 3.8) is 0 Å². The first kappa shape index (κ1) is 13.7. The third-order valence-electron chi connectivity index (χ3n) is 2.21. The number of nitrogens with one attached hydrogen (secondary N) is 1. The molecule has 0 aliphatic carbocycles. The number of primary amides is 1. The number of halogens is 1.